The Bertz CT molecular complexity index is 389. The molecule has 1 aromatic rings. The number of aryl methyl sites for hydroxylation is 1. The Labute approximate surface area is 117 Å². The van der Waals surface area contributed by atoms with Gasteiger partial charge in [-0.15, -0.1) is 0 Å². The van der Waals surface area contributed by atoms with Gasteiger partial charge >= 0.3 is 0 Å². The molecule has 1 aliphatic heterocycles. The van der Waals surface area contributed by atoms with Crippen LogP contribution in [0.2, 0.25) is 0 Å². The van der Waals surface area contributed by atoms with E-state index in [2.05, 4.69) is 48.1 Å². The van der Waals surface area contributed by atoms with Crippen LogP contribution in [0.25, 0.3) is 0 Å². The van der Waals surface area contributed by atoms with Gasteiger partial charge in [-0.05, 0) is 62.4 Å². The van der Waals surface area contributed by atoms with E-state index >= 15 is 0 Å². The van der Waals surface area contributed by atoms with Crippen LogP contribution >= 0.6 is 0 Å². The molecule has 1 aromatic heterocycles. The molecular weight excluding hydrogens is 234 g/mol. The zero-order valence-corrected chi connectivity index (χ0v) is 12.5. The van der Waals surface area contributed by atoms with Gasteiger partial charge in [0.2, 0.25) is 0 Å². The van der Waals surface area contributed by atoms with Crippen molar-refractivity contribution in [2.45, 2.75) is 33.6 Å². The Morgan fingerprint density at radius 3 is 3.05 bits per heavy atom. The van der Waals surface area contributed by atoms with Gasteiger partial charge in [-0.25, -0.2) is 4.98 Å². The van der Waals surface area contributed by atoms with Gasteiger partial charge in [0.25, 0.3) is 0 Å². The summed E-state index contributed by atoms with van der Waals surface area (Å²) < 4.78 is 0. The minimum Gasteiger partial charge on any atom is -0.356 e. The Morgan fingerprint density at radius 2 is 2.32 bits per heavy atom. The van der Waals surface area contributed by atoms with Crippen LogP contribution in [0.4, 0.5) is 5.82 Å². The Hall–Kier alpha value is -1.09. The predicted octanol–water partition coefficient (Wildman–Crippen LogP) is 2.85. The molecule has 0 aliphatic carbocycles. The van der Waals surface area contributed by atoms with E-state index in [0.29, 0.717) is 0 Å². The van der Waals surface area contributed by atoms with Crippen molar-refractivity contribution in [2.75, 3.05) is 31.1 Å². The summed E-state index contributed by atoms with van der Waals surface area (Å²) in [6, 6.07) is 4.26. The van der Waals surface area contributed by atoms with Crippen LogP contribution in [0.5, 0.6) is 0 Å². The molecule has 0 amide bonds. The van der Waals surface area contributed by atoms with Crippen LogP contribution < -0.4 is 10.2 Å². The first-order valence-corrected chi connectivity index (χ1v) is 7.53. The van der Waals surface area contributed by atoms with Crippen LogP contribution in [-0.4, -0.2) is 31.2 Å². The van der Waals surface area contributed by atoms with Crippen molar-refractivity contribution >= 4 is 5.82 Å². The largest absolute Gasteiger partial charge is 0.356 e. The summed E-state index contributed by atoms with van der Waals surface area (Å²) >= 11 is 0. The molecule has 2 heterocycles. The van der Waals surface area contributed by atoms with E-state index in [-0.39, 0.29) is 0 Å². The molecule has 1 fully saturated rings. The number of nitrogens with one attached hydrogen (secondary N) is 1. The Morgan fingerprint density at radius 1 is 1.47 bits per heavy atom. The van der Waals surface area contributed by atoms with Crippen molar-refractivity contribution in [3.8, 4) is 0 Å². The number of pyridine rings is 1. The number of anilines is 1. The number of rotatable bonds is 5. The maximum absolute atomic E-state index is 4.51. The molecule has 2 rings (SSSR count). The standard InChI is InChI=1S/C16H27N3/c1-13(2)10-17-11-15-5-4-8-19(12-15)16-9-14(3)6-7-18-16/h6-7,9,13,15,17H,4-5,8,10-12H2,1-3H3. The second-order valence-electron chi connectivity index (χ2n) is 6.20. The molecule has 0 radical (unpaired) electrons. The second-order valence-corrected chi connectivity index (χ2v) is 6.20. The van der Waals surface area contributed by atoms with E-state index in [0.717, 1.165) is 43.8 Å². The van der Waals surface area contributed by atoms with E-state index < -0.39 is 0 Å². The molecule has 3 heteroatoms. The van der Waals surface area contributed by atoms with E-state index in [4.69, 9.17) is 0 Å². The zero-order valence-electron chi connectivity index (χ0n) is 12.5. The highest BCUT2D eigenvalue weighted by atomic mass is 15.2. The zero-order chi connectivity index (χ0) is 13.7. The molecule has 1 N–H and O–H groups in total. The number of piperidine rings is 1. The van der Waals surface area contributed by atoms with Gasteiger partial charge in [-0.3, -0.25) is 0 Å². The average molecular weight is 261 g/mol. The summed E-state index contributed by atoms with van der Waals surface area (Å²) in [6.07, 6.45) is 4.54. The number of nitrogens with zero attached hydrogens (tertiary/aromatic N) is 2. The molecule has 0 spiro atoms. The van der Waals surface area contributed by atoms with Crippen LogP contribution in [0.15, 0.2) is 18.3 Å². The quantitative estimate of drug-likeness (QED) is 0.883. The van der Waals surface area contributed by atoms with Crippen LogP contribution in [0.3, 0.4) is 0 Å². The highest BCUT2D eigenvalue weighted by molar-refractivity contribution is 5.41. The molecule has 0 bridgehead atoms. The molecule has 0 saturated carbocycles. The van der Waals surface area contributed by atoms with Gasteiger partial charge in [0.15, 0.2) is 0 Å². The number of aromatic nitrogens is 1. The van der Waals surface area contributed by atoms with Crippen LogP contribution in [-0.2, 0) is 0 Å². The lowest BCUT2D eigenvalue weighted by molar-refractivity contribution is 0.381. The highest BCUT2D eigenvalue weighted by Gasteiger charge is 2.20. The first-order chi connectivity index (χ1) is 9.15. The third-order valence-electron chi connectivity index (χ3n) is 3.73. The summed E-state index contributed by atoms with van der Waals surface area (Å²) in [5.74, 6) is 2.64. The minimum atomic E-state index is 0.734. The molecule has 19 heavy (non-hydrogen) atoms. The van der Waals surface area contributed by atoms with Crippen molar-refractivity contribution in [2.24, 2.45) is 11.8 Å². The summed E-state index contributed by atoms with van der Waals surface area (Å²) in [6.45, 7) is 11.2. The first kappa shape index (κ1) is 14.3. The Kier molecular flexibility index (Phi) is 5.20. The van der Waals surface area contributed by atoms with E-state index in [1.165, 1.54) is 18.4 Å². The second kappa shape index (κ2) is 6.90. The first-order valence-electron chi connectivity index (χ1n) is 7.53. The summed E-state index contributed by atoms with van der Waals surface area (Å²) in [4.78, 5) is 6.95. The predicted molar refractivity (Wildman–Crippen MR) is 81.6 cm³/mol. The molecule has 0 aromatic carbocycles. The monoisotopic (exact) mass is 261 g/mol. The molecule has 1 aliphatic rings. The van der Waals surface area contributed by atoms with Gasteiger partial charge in [-0.1, -0.05) is 13.8 Å². The maximum Gasteiger partial charge on any atom is 0.128 e. The lowest BCUT2D eigenvalue weighted by atomic mass is 9.97. The molecule has 1 unspecified atom stereocenters. The minimum absolute atomic E-state index is 0.734. The number of hydrogen-bond acceptors (Lipinski definition) is 3. The van der Waals surface area contributed by atoms with Crippen molar-refractivity contribution in [3.63, 3.8) is 0 Å². The third-order valence-corrected chi connectivity index (χ3v) is 3.73. The normalized spacial score (nSPS) is 20.0. The van der Waals surface area contributed by atoms with Gasteiger partial charge in [-0.2, -0.15) is 0 Å². The van der Waals surface area contributed by atoms with Crippen LogP contribution in [0.1, 0.15) is 32.3 Å². The molecule has 3 nitrogen and oxygen atoms in total. The fourth-order valence-electron chi connectivity index (χ4n) is 2.71. The fraction of sp³-hybridized carbons (Fsp3) is 0.688. The van der Waals surface area contributed by atoms with Crippen molar-refractivity contribution in [1.82, 2.24) is 10.3 Å². The van der Waals surface area contributed by atoms with Gasteiger partial charge in [0.1, 0.15) is 5.82 Å². The van der Waals surface area contributed by atoms with E-state index in [1.807, 2.05) is 6.20 Å². The van der Waals surface area contributed by atoms with Gasteiger partial charge in [0, 0.05) is 19.3 Å². The Balaban J connectivity index is 1.86. The fourth-order valence-corrected chi connectivity index (χ4v) is 2.71. The summed E-state index contributed by atoms with van der Waals surface area (Å²) in [5.41, 5.74) is 1.30. The average Bonchev–Trinajstić information content (AvgIpc) is 2.39. The molecule has 1 atom stereocenters. The summed E-state index contributed by atoms with van der Waals surface area (Å²) in [7, 11) is 0. The molecule has 1 saturated heterocycles. The number of hydrogen-bond donors (Lipinski definition) is 1. The lowest BCUT2D eigenvalue weighted by Gasteiger charge is -2.34. The molecular formula is C16H27N3. The van der Waals surface area contributed by atoms with Crippen molar-refractivity contribution in [3.05, 3.63) is 23.9 Å². The molecule has 106 valence electrons. The van der Waals surface area contributed by atoms with E-state index in [1.54, 1.807) is 0 Å². The van der Waals surface area contributed by atoms with Crippen molar-refractivity contribution < 1.29 is 0 Å². The third kappa shape index (κ3) is 4.50. The summed E-state index contributed by atoms with van der Waals surface area (Å²) in [5, 5.41) is 3.59. The van der Waals surface area contributed by atoms with Crippen LogP contribution in [0, 0.1) is 18.8 Å². The van der Waals surface area contributed by atoms with E-state index in [9.17, 15) is 0 Å². The highest BCUT2D eigenvalue weighted by Crippen LogP contribution is 2.21. The SMILES string of the molecule is Cc1ccnc(N2CCCC(CNCC(C)C)C2)c1. The maximum atomic E-state index is 4.51. The van der Waals surface area contributed by atoms with Gasteiger partial charge in [0.05, 0.1) is 0 Å². The van der Waals surface area contributed by atoms with Crippen molar-refractivity contribution in [1.29, 1.82) is 0 Å². The lowest BCUT2D eigenvalue weighted by Crippen LogP contribution is -2.40. The van der Waals surface area contributed by atoms with Gasteiger partial charge < -0.3 is 10.2 Å². The topological polar surface area (TPSA) is 28.2 Å². The smallest absolute Gasteiger partial charge is 0.128 e.